The Morgan fingerprint density at radius 2 is 0.759 bits per heavy atom. The molecule has 0 heterocycles. The fraction of sp³-hybridized carbons (Fsp3) is 0.816. The standard InChI is InChI=1S/C49H91NO4/c1-3-5-7-9-11-13-15-17-19-21-22-23-24-25-26-28-30-32-34-36-38-40-42-44-48(53)49(54)50-46(45-51)47(52)43-41-39-37-35-33-31-29-27-20-18-16-14-12-10-8-6-4-2/h20,25-27,33,35,41,43,46-48,51-53H,3-19,21-24,28-32,34,36-40,42,44-45H2,1-2H3,(H,50,54)/b26-25-,27-20+,35-33+,43-41+. The number of nitrogens with one attached hydrogen (secondary N) is 1. The lowest BCUT2D eigenvalue weighted by atomic mass is 10.0. The van der Waals surface area contributed by atoms with Gasteiger partial charge in [0, 0.05) is 0 Å². The summed E-state index contributed by atoms with van der Waals surface area (Å²) in [6.45, 7) is 4.16. The van der Waals surface area contributed by atoms with Crippen LogP contribution in [0.25, 0.3) is 0 Å². The van der Waals surface area contributed by atoms with Gasteiger partial charge in [0.25, 0.3) is 0 Å². The Labute approximate surface area is 336 Å². The van der Waals surface area contributed by atoms with E-state index >= 15 is 0 Å². The van der Waals surface area contributed by atoms with E-state index in [0.29, 0.717) is 6.42 Å². The summed E-state index contributed by atoms with van der Waals surface area (Å²) in [5, 5.41) is 33.1. The molecule has 0 saturated heterocycles. The van der Waals surface area contributed by atoms with E-state index < -0.39 is 24.2 Å². The maximum absolute atomic E-state index is 12.5. The Kier molecular flexibility index (Phi) is 42.7. The zero-order chi connectivity index (χ0) is 39.4. The summed E-state index contributed by atoms with van der Waals surface area (Å²) in [4.78, 5) is 12.5. The minimum absolute atomic E-state index is 0.383. The van der Waals surface area contributed by atoms with E-state index in [1.807, 2.05) is 6.08 Å². The highest BCUT2D eigenvalue weighted by atomic mass is 16.3. The van der Waals surface area contributed by atoms with Gasteiger partial charge in [-0.1, -0.05) is 210 Å². The minimum atomic E-state index is -1.11. The van der Waals surface area contributed by atoms with E-state index in [1.165, 1.54) is 167 Å². The van der Waals surface area contributed by atoms with Gasteiger partial charge in [-0.2, -0.15) is 0 Å². The predicted octanol–water partition coefficient (Wildman–Crippen LogP) is 13.7. The fourth-order valence-electron chi connectivity index (χ4n) is 6.92. The summed E-state index contributed by atoms with van der Waals surface area (Å²) in [5.74, 6) is -0.521. The lowest BCUT2D eigenvalue weighted by Crippen LogP contribution is -2.48. The second-order valence-electron chi connectivity index (χ2n) is 15.9. The molecule has 5 nitrogen and oxygen atoms in total. The molecule has 0 aromatic carbocycles. The van der Waals surface area contributed by atoms with Crippen LogP contribution in [-0.4, -0.2) is 46.1 Å². The van der Waals surface area contributed by atoms with E-state index in [9.17, 15) is 20.1 Å². The predicted molar refractivity (Wildman–Crippen MR) is 236 cm³/mol. The summed E-state index contributed by atoms with van der Waals surface area (Å²) in [6.07, 6.45) is 57.2. The van der Waals surface area contributed by atoms with Crippen molar-refractivity contribution >= 4 is 5.91 Å². The second-order valence-corrected chi connectivity index (χ2v) is 15.9. The normalized spacial score (nSPS) is 13.9. The number of carbonyl (C=O) groups excluding carboxylic acids is 1. The van der Waals surface area contributed by atoms with E-state index in [1.54, 1.807) is 6.08 Å². The zero-order valence-electron chi connectivity index (χ0n) is 35.8. The smallest absolute Gasteiger partial charge is 0.249 e. The van der Waals surface area contributed by atoms with Gasteiger partial charge in [-0.15, -0.1) is 0 Å². The molecule has 316 valence electrons. The molecular formula is C49H91NO4. The molecular weight excluding hydrogens is 667 g/mol. The summed E-state index contributed by atoms with van der Waals surface area (Å²) in [5.41, 5.74) is 0. The average molecular weight is 758 g/mol. The molecule has 0 saturated carbocycles. The lowest BCUT2D eigenvalue weighted by Gasteiger charge is -2.21. The first-order valence-corrected chi connectivity index (χ1v) is 23.5. The van der Waals surface area contributed by atoms with Gasteiger partial charge in [-0.3, -0.25) is 4.79 Å². The van der Waals surface area contributed by atoms with Crippen LogP contribution in [0, 0.1) is 0 Å². The molecule has 0 spiro atoms. The van der Waals surface area contributed by atoms with Crippen LogP contribution < -0.4 is 5.32 Å². The number of allylic oxidation sites excluding steroid dienone is 7. The summed E-state index contributed by atoms with van der Waals surface area (Å²) in [7, 11) is 0. The van der Waals surface area contributed by atoms with Crippen LogP contribution in [0.3, 0.4) is 0 Å². The van der Waals surface area contributed by atoms with Crippen LogP contribution in [0.15, 0.2) is 48.6 Å². The molecule has 0 fully saturated rings. The number of carbonyl (C=O) groups is 1. The number of amides is 1. The largest absolute Gasteiger partial charge is 0.394 e. The van der Waals surface area contributed by atoms with Gasteiger partial charge >= 0.3 is 0 Å². The Balaban J connectivity index is 3.71. The third kappa shape index (κ3) is 38.6. The number of hydrogen-bond donors (Lipinski definition) is 4. The molecule has 3 atom stereocenters. The molecule has 0 rings (SSSR count). The highest BCUT2D eigenvalue weighted by molar-refractivity contribution is 5.80. The fourth-order valence-corrected chi connectivity index (χ4v) is 6.92. The summed E-state index contributed by atoms with van der Waals surface area (Å²) in [6, 6.07) is -0.823. The molecule has 0 radical (unpaired) electrons. The van der Waals surface area contributed by atoms with Gasteiger partial charge < -0.3 is 20.6 Å². The van der Waals surface area contributed by atoms with Crippen molar-refractivity contribution in [2.24, 2.45) is 0 Å². The van der Waals surface area contributed by atoms with Crippen LogP contribution in [0.4, 0.5) is 0 Å². The number of unbranched alkanes of at least 4 members (excludes halogenated alkanes) is 28. The molecule has 0 aliphatic heterocycles. The average Bonchev–Trinajstić information content (AvgIpc) is 3.18. The minimum Gasteiger partial charge on any atom is -0.394 e. The summed E-state index contributed by atoms with van der Waals surface area (Å²) < 4.78 is 0. The van der Waals surface area contributed by atoms with Gasteiger partial charge in [0.2, 0.25) is 5.91 Å². The van der Waals surface area contributed by atoms with Crippen molar-refractivity contribution in [1.82, 2.24) is 5.32 Å². The van der Waals surface area contributed by atoms with Crippen LogP contribution in [-0.2, 0) is 4.79 Å². The van der Waals surface area contributed by atoms with Crippen LogP contribution in [0.2, 0.25) is 0 Å². The lowest BCUT2D eigenvalue weighted by molar-refractivity contribution is -0.131. The van der Waals surface area contributed by atoms with Crippen molar-refractivity contribution < 1.29 is 20.1 Å². The topological polar surface area (TPSA) is 89.8 Å². The summed E-state index contributed by atoms with van der Waals surface area (Å²) >= 11 is 0. The maximum Gasteiger partial charge on any atom is 0.249 e. The van der Waals surface area contributed by atoms with Crippen molar-refractivity contribution in [3.63, 3.8) is 0 Å². The first-order valence-electron chi connectivity index (χ1n) is 23.5. The monoisotopic (exact) mass is 758 g/mol. The van der Waals surface area contributed by atoms with Gasteiger partial charge in [0.05, 0.1) is 18.8 Å². The van der Waals surface area contributed by atoms with Gasteiger partial charge in [-0.25, -0.2) is 0 Å². The molecule has 0 aliphatic rings. The molecule has 4 N–H and O–H groups in total. The maximum atomic E-state index is 12.5. The van der Waals surface area contributed by atoms with Crippen molar-refractivity contribution in [3.8, 4) is 0 Å². The van der Waals surface area contributed by atoms with Gasteiger partial charge in [0.15, 0.2) is 0 Å². The highest BCUT2D eigenvalue weighted by Crippen LogP contribution is 2.15. The molecule has 0 aromatic heterocycles. The third-order valence-corrected chi connectivity index (χ3v) is 10.6. The van der Waals surface area contributed by atoms with E-state index in [4.69, 9.17) is 0 Å². The molecule has 1 amide bonds. The van der Waals surface area contributed by atoms with E-state index in [2.05, 4.69) is 55.6 Å². The Bertz CT molecular complexity index is 881. The first-order chi connectivity index (χ1) is 26.6. The first kappa shape index (κ1) is 52.3. The van der Waals surface area contributed by atoms with Crippen molar-refractivity contribution in [3.05, 3.63) is 48.6 Å². The number of aliphatic hydroxyl groups is 3. The second kappa shape index (κ2) is 44.0. The van der Waals surface area contributed by atoms with Gasteiger partial charge in [0.1, 0.15) is 6.10 Å². The molecule has 0 aromatic rings. The number of rotatable bonds is 42. The van der Waals surface area contributed by atoms with Gasteiger partial charge in [-0.05, 0) is 70.6 Å². The van der Waals surface area contributed by atoms with Crippen LogP contribution >= 0.6 is 0 Å². The quantitative estimate of drug-likeness (QED) is 0.0369. The molecule has 54 heavy (non-hydrogen) atoms. The van der Waals surface area contributed by atoms with Crippen molar-refractivity contribution in [1.29, 1.82) is 0 Å². The number of aliphatic hydroxyl groups excluding tert-OH is 3. The van der Waals surface area contributed by atoms with E-state index in [0.717, 1.165) is 44.9 Å². The Hall–Kier alpha value is -1.69. The third-order valence-electron chi connectivity index (χ3n) is 10.6. The SMILES string of the molecule is CCCCCCCCC/C=C/CC/C=C/CC/C=C/C(O)C(CO)NC(=O)C(O)CCCCCCCCC/C=C\CCCCCCCCCCCCCC. The highest BCUT2D eigenvalue weighted by Gasteiger charge is 2.22. The van der Waals surface area contributed by atoms with Crippen molar-refractivity contribution in [2.45, 2.75) is 250 Å². The molecule has 0 aliphatic carbocycles. The molecule has 0 bridgehead atoms. The van der Waals surface area contributed by atoms with Crippen LogP contribution in [0.1, 0.15) is 232 Å². The molecule has 5 heteroatoms. The Morgan fingerprint density at radius 3 is 1.13 bits per heavy atom. The van der Waals surface area contributed by atoms with Crippen LogP contribution in [0.5, 0.6) is 0 Å². The Morgan fingerprint density at radius 1 is 0.444 bits per heavy atom. The van der Waals surface area contributed by atoms with Crippen molar-refractivity contribution in [2.75, 3.05) is 6.61 Å². The zero-order valence-corrected chi connectivity index (χ0v) is 35.8. The van der Waals surface area contributed by atoms with E-state index in [-0.39, 0.29) is 6.61 Å². The molecule has 3 unspecified atom stereocenters. The number of hydrogen-bond acceptors (Lipinski definition) is 4.